The van der Waals surface area contributed by atoms with Crippen LogP contribution >= 0.6 is 0 Å². The standard InChI is InChI=1S/C15H24N4O2/c1-6-7-11-18(13-16-9-8-10-17-13)14(21)19(12(2)20)15(3,4)5/h8-10H,6-7,11H2,1-5H3. The summed E-state index contributed by atoms with van der Waals surface area (Å²) in [5.74, 6) is 0.0383. The lowest BCUT2D eigenvalue weighted by Gasteiger charge is -2.36. The molecule has 1 aromatic rings. The van der Waals surface area contributed by atoms with Crippen molar-refractivity contribution in [1.29, 1.82) is 0 Å². The van der Waals surface area contributed by atoms with Crippen LogP contribution in [-0.4, -0.2) is 38.9 Å². The lowest BCUT2D eigenvalue weighted by atomic mass is 10.1. The van der Waals surface area contributed by atoms with E-state index in [-0.39, 0.29) is 11.9 Å². The molecule has 0 unspecified atom stereocenters. The molecule has 0 bridgehead atoms. The SMILES string of the molecule is CCCCN(C(=O)N(C(C)=O)C(C)(C)C)c1ncccn1. The van der Waals surface area contributed by atoms with Crippen molar-refractivity contribution in [2.75, 3.05) is 11.4 Å². The average Bonchev–Trinajstić information content (AvgIpc) is 2.38. The summed E-state index contributed by atoms with van der Waals surface area (Å²) in [6.45, 7) is 9.41. The van der Waals surface area contributed by atoms with Gasteiger partial charge in [-0.1, -0.05) is 13.3 Å². The smallest absolute Gasteiger partial charge is 0.275 e. The van der Waals surface area contributed by atoms with Gasteiger partial charge in [0, 0.05) is 31.4 Å². The Kier molecular flexibility index (Phi) is 5.81. The Morgan fingerprint density at radius 2 is 1.76 bits per heavy atom. The van der Waals surface area contributed by atoms with Gasteiger partial charge in [-0.05, 0) is 33.3 Å². The fourth-order valence-corrected chi connectivity index (χ4v) is 2.04. The molecule has 116 valence electrons. The van der Waals surface area contributed by atoms with Crippen molar-refractivity contribution in [2.24, 2.45) is 0 Å². The zero-order valence-corrected chi connectivity index (χ0v) is 13.5. The van der Waals surface area contributed by atoms with Gasteiger partial charge in [0.1, 0.15) is 0 Å². The van der Waals surface area contributed by atoms with Gasteiger partial charge in [-0.25, -0.2) is 14.8 Å². The van der Waals surface area contributed by atoms with Gasteiger partial charge in [0.25, 0.3) is 0 Å². The van der Waals surface area contributed by atoms with Gasteiger partial charge in [0.15, 0.2) is 0 Å². The van der Waals surface area contributed by atoms with Crippen molar-refractivity contribution in [3.63, 3.8) is 0 Å². The maximum Gasteiger partial charge on any atom is 0.334 e. The summed E-state index contributed by atoms with van der Waals surface area (Å²) in [6.07, 6.45) is 4.93. The van der Waals surface area contributed by atoms with Gasteiger partial charge >= 0.3 is 6.03 Å². The Labute approximate surface area is 126 Å². The summed E-state index contributed by atoms with van der Waals surface area (Å²) in [5.41, 5.74) is -0.595. The number of nitrogens with zero attached hydrogens (tertiary/aromatic N) is 4. The van der Waals surface area contributed by atoms with E-state index in [1.807, 2.05) is 27.7 Å². The first-order valence-electron chi connectivity index (χ1n) is 7.18. The van der Waals surface area contributed by atoms with Gasteiger partial charge < -0.3 is 0 Å². The second-order valence-electron chi connectivity index (χ2n) is 5.86. The molecule has 0 radical (unpaired) electrons. The number of urea groups is 1. The van der Waals surface area contributed by atoms with E-state index in [0.717, 1.165) is 12.8 Å². The fraction of sp³-hybridized carbons (Fsp3) is 0.600. The van der Waals surface area contributed by atoms with E-state index in [2.05, 4.69) is 9.97 Å². The minimum absolute atomic E-state index is 0.287. The minimum atomic E-state index is -0.595. The number of imide groups is 1. The number of unbranched alkanes of at least 4 members (excludes halogenated alkanes) is 1. The Morgan fingerprint density at radius 1 is 1.19 bits per heavy atom. The lowest BCUT2D eigenvalue weighted by Crippen LogP contribution is -2.54. The molecule has 0 fully saturated rings. The van der Waals surface area contributed by atoms with Crippen LogP contribution in [-0.2, 0) is 4.79 Å². The van der Waals surface area contributed by atoms with E-state index >= 15 is 0 Å². The molecule has 1 aromatic heterocycles. The largest absolute Gasteiger partial charge is 0.334 e. The Bertz CT molecular complexity index is 482. The van der Waals surface area contributed by atoms with Crippen LogP contribution in [0.2, 0.25) is 0 Å². The maximum atomic E-state index is 12.8. The fourth-order valence-electron chi connectivity index (χ4n) is 2.04. The molecule has 0 aliphatic rings. The van der Waals surface area contributed by atoms with E-state index < -0.39 is 5.54 Å². The molecule has 6 nitrogen and oxygen atoms in total. The minimum Gasteiger partial charge on any atom is -0.275 e. The summed E-state index contributed by atoms with van der Waals surface area (Å²) >= 11 is 0. The molecular formula is C15H24N4O2. The molecule has 0 atom stereocenters. The molecule has 0 aliphatic carbocycles. The number of hydrogen-bond acceptors (Lipinski definition) is 4. The molecule has 1 heterocycles. The molecule has 3 amide bonds. The zero-order chi connectivity index (χ0) is 16.0. The average molecular weight is 292 g/mol. The van der Waals surface area contributed by atoms with Crippen LogP contribution in [0, 0.1) is 0 Å². The molecule has 1 rings (SSSR count). The van der Waals surface area contributed by atoms with Crippen molar-refractivity contribution in [1.82, 2.24) is 14.9 Å². The molecule has 0 aliphatic heterocycles. The van der Waals surface area contributed by atoms with E-state index in [1.54, 1.807) is 18.5 Å². The highest BCUT2D eigenvalue weighted by molar-refractivity contribution is 6.01. The number of rotatable bonds is 4. The van der Waals surface area contributed by atoms with Crippen molar-refractivity contribution < 1.29 is 9.59 Å². The predicted molar refractivity (Wildman–Crippen MR) is 82.0 cm³/mol. The van der Waals surface area contributed by atoms with Crippen LogP contribution in [0.3, 0.4) is 0 Å². The monoisotopic (exact) mass is 292 g/mol. The highest BCUT2D eigenvalue weighted by atomic mass is 16.2. The first-order chi connectivity index (χ1) is 9.79. The highest BCUT2D eigenvalue weighted by Crippen LogP contribution is 2.19. The number of amides is 3. The van der Waals surface area contributed by atoms with Crippen molar-refractivity contribution in [2.45, 2.75) is 53.0 Å². The second kappa shape index (κ2) is 7.15. The van der Waals surface area contributed by atoms with E-state index in [1.165, 1.54) is 16.7 Å². The van der Waals surface area contributed by atoms with E-state index in [9.17, 15) is 9.59 Å². The topological polar surface area (TPSA) is 66.4 Å². The Hall–Kier alpha value is -1.98. The number of carbonyl (C=O) groups is 2. The Morgan fingerprint density at radius 3 is 2.19 bits per heavy atom. The van der Waals surface area contributed by atoms with Crippen molar-refractivity contribution in [3.05, 3.63) is 18.5 Å². The van der Waals surface area contributed by atoms with Crippen LogP contribution in [0.4, 0.5) is 10.7 Å². The van der Waals surface area contributed by atoms with Gasteiger partial charge in [-0.15, -0.1) is 0 Å². The van der Waals surface area contributed by atoms with Crippen molar-refractivity contribution >= 4 is 17.9 Å². The first-order valence-corrected chi connectivity index (χ1v) is 7.18. The summed E-state index contributed by atoms with van der Waals surface area (Å²) < 4.78 is 0. The quantitative estimate of drug-likeness (QED) is 0.856. The first kappa shape index (κ1) is 17.1. The van der Waals surface area contributed by atoms with Crippen LogP contribution in [0.1, 0.15) is 47.5 Å². The third-order valence-corrected chi connectivity index (χ3v) is 2.94. The number of carbonyl (C=O) groups excluding carboxylic acids is 2. The van der Waals surface area contributed by atoms with Gasteiger partial charge in [-0.3, -0.25) is 14.6 Å². The van der Waals surface area contributed by atoms with Gasteiger partial charge in [0.05, 0.1) is 0 Å². The second-order valence-corrected chi connectivity index (χ2v) is 5.86. The zero-order valence-electron chi connectivity index (χ0n) is 13.5. The predicted octanol–water partition coefficient (Wildman–Crippen LogP) is 2.85. The normalized spacial score (nSPS) is 11.1. The number of anilines is 1. The molecular weight excluding hydrogens is 268 g/mol. The Balaban J connectivity index is 3.13. The van der Waals surface area contributed by atoms with Crippen LogP contribution in [0.15, 0.2) is 18.5 Å². The summed E-state index contributed by atoms with van der Waals surface area (Å²) in [4.78, 5) is 35.7. The van der Waals surface area contributed by atoms with Gasteiger partial charge in [0.2, 0.25) is 11.9 Å². The summed E-state index contributed by atoms with van der Waals surface area (Å²) in [5, 5.41) is 0. The lowest BCUT2D eigenvalue weighted by molar-refractivity contribution is -0.129. The van der Waals surface area contributed by atoms with E-state index in [4.69, 9.17) is 0 Å². The highest BCUT2D eigenvalue weighted by Gasteiger charge is 2.34. The molecule has 0 saturated heterocycles. The van der Waals surface area contributed by atoms with Crippen molar-refractivity contribution in [3.8, 4) is 0 Å². The molecule has 0 N–H and O–H groups in total. The van der Waals surface area contributed by atoms with Crippen LogP contribution in [0.25, 0.3) is 0 Å². The van der Waals surface area contributed by atoms with Crippen LogP contribution < -0.4 is 4.90 Å². The summed E-state index contributed by atoms with van der Waals surface area (Å²) in [7, 11) is 0. The molecule has 6 heteroatoms. The van der Waals surface area contributed by atoms with Gasteiger partial charge in [-0.2, -0.15) is 0 Å². The van der Waals surface area contributed by atoms with Crippen LogP contribution in [0.5, 0.6) is 0 Å². The summed E-state index contributed by atoms with van der Waals surface area (Å²) in [6, 6.07) is 1.31. The molecule has 21 heavy (non-hydrogen) atoms. The molecule has 0 aromatic carbocycles. The van der Waals surface area contributed by atoms with E-state index in [0.29, 0.717) is 12.5 Å². The molecule has 0 saturated carbocycles. The maximum absolute atomic E-state index is 12.8. The third-order valence-electron chi connectivity index (χ3n) is 2.94. The third kappa shape index (κ3) is 4.51. The number of aromatic nitrogens is 2. The number of hydrogen-bond donors (Lipinski definition) is 0. The molecule has 0 spiro atoms.